The van der Waals surface area contributed by atoms with Crippen LogP contribution in [0.25, 0.3) is 0 Å². The van der Waals surface area contributed by atoms with Crippen LogP contribution in [0.2, 0.25) is 0 Å². The van der Waals surface area contributed by atoms with Crippen LogP contribution in [-0.2, 0) is 6.42 Å². The van der Waals surface area contributed by atoms with E-state index in [0.29, 0.717) is 6.42 Å². The lowest BCUT2D eigenvalue weighted by Crippen LogP contribution is -1.85. The highest BCUT2D eigenvalue weighted by atomic mass is 16.5. The average Bonchev–Trinajstić information content (AvgIpc) is 2.15. The second-order valence-corrected chi connectivity index (χ2v) is 2.35. The van der Waals surface area contributed by atoms with E-state index in [1.807, 2.05) is 24.3 Å². The summed E-state index contributed by atoms with van der Waals surface area (Å²) in [5.74, 6) is 3.65. The van der Waals surface area contributed by atoms with E-state index in [1.54, 1.807) is 7.11 Å². The number of methoxy groups -OCH3 is 1. The molecule has 1 rings (SSSR count). The van der Waals surface area contributed by atoms with E-state index in [1.165, 1.54) is 0 Å². The van der Waals surface area contributed by atoms with Crippen molar-refractivity contribution in [1.82, 2.24) is 0 Å². The van der Waals surface area contributed by atoms with E-state index in [4.69, 9.17) is 10.5 Å². The molecule has 0 atom stereocenters. The van der Waals surface area contributed by atoms with E-state index in [-0.39, 0.29) is 0 Å². The summed E-state index contributed by atoms with van der Waals surface area (Å²) in [6.07, 6.45) is 0.695. The topological polar surface area (TPSA) is 35.2 Å². The maximum atomic E-state index is 5.05. The third-order valence-electron chi connectivity index (χ3n) is 1.55. The summed E-state index contributed by atoms with van der Waals surface area (Å²) >= 11 is 0. The number of hydrogen-bond donors (Lipinski definition) is 1. The molecule has 0 fully saturated rings. The van der Waals surface area contributed by atoms with Gasteiger partial charge in [-0.15, -0.1) is 0 Å². The second-order valence-electron chi connectivity index (χ2n) is 2.35. The van der Waals surface area contributed by atoms with Gasteiger partial charge in [-0.05, 0) is 17.7 Å². The molecule has 0 amide bonds. The summed E-state index contributed by atoms with van der Waals surface area (Å²) < 4.78 is 5.01. The van der Waals surface area contributed by atoms with Gasteiger partial charge in [-0.2, -0.15) is 0 Å². The first-order valence-corrected chi connectivity index (χ1v) is 3.68. The van der Waals surface area contributed by atoms with Gasteiger partial charge in [0.25, 0.3) is 0 Å². The van der Waals surface area contributed by atoms with Gasteiger partial charge < -0.3 is 10.5 Å². The Morgan fingerprint density at radius 3 is 2.50 bits per heavy atom. The molecular weight excluding hydrogens is 150 g/mol. The number of hydrogen-bond acceptors (Lipinski definition) is 2. The van der Waals surface area contributed by atoms with Gasteiger partial charge >= 0.3 is 0 Å². The molecule has 1 aromatic rings. The van der Waals surface area contributed by atoms with Gasteiger partial charge in [0.1, 0.15) is 5.75 Å². The average molecular weight is 161 g/mol. The molecule has 2 nitrogen and oxygen atoms in total. The fourth-order valence-corrected chi connectivity index (χ4v) is 0.896. The lowest BCUT2D eigenvalue weighted by atomic mass is 10.1. The molecular formula is C10H11NO. The Labute approximate surface area is 72.3 Å². The van der Waals surface area contributed by atoms with Crippen molar-refractivity contribution in [2.45, 2.75) is 6.42 Å². The van der Waals surface area contributed by atoms with Crippen molar-refractivity contribution in [3.63, 3.8) is 0 Å². The molecule has 0 aliphatic carbocycles. The van der Waals surface area contributed by atoms with E-state index in [9.17, 15) is 0 Å². The van der Waals surface area contributed by atoms with Crippen molar-refractivity contribution in [2.24, 2.45) is 5.73 Å². The quantitative estimate of drug-likeness (QED) is 0.521. The van der Waals surface area contributed by atoms with E-state index >= 15 is 0 Å². The zero-order chi connectivity index (χ0) is 8.81. The van der Waals surface area contributed by atoms with Crippen LogP contribution in [0.1, 0.15) is 5.56 Å². The first kappa shape index (κ1) is 8.48. The fraction of sp³-hybridized carbons (Fsp3) is 0.200. The van der Waals surface area contributed by atoms with Crippen molar-refractivity contribution in [2.75, 3.05) is 7.11 Å². The highest BCUT2D eigenvalue weighted by Crippen LogP contribution is 2.10. The first-order valence-electron chi connectivity index (χ1n) is 3.68. The molecule has 2 heteroatoms. The highest BCUT2D eigenvalue weighted by molar-refractivity contribution is 5.29. The molecule has 0 heterocycles. The Bertz CT molecular complexity index is 292. The van der Waals surface area contributed by atoms with Crippen molar-refractivity contribution in [3.8, 4) is 17.7 Å². The third kappa shape index (κ3) is 2.21. The Kier molecular flexibility index (Phi) is 3.04. The molecule has 0 aliphatic heterocycles. The van der Waals surface area contributed by atoms with Crippen LogP contribution in [0.4, 0.5) is 0 Å². The Balaban J connectivity index is 2.69. The molecule has 0 saturated heterocycles. The molecule has 12 heavy (non-hydrogen) atoms. The molecule has 0 unspecified atom stereocenters. The maximum Gasteiger partial charge on any atom is 0.118 e. The van der Waals surface area contributed by atoms with Gasteiger partial charge in [-0.3, -0.25) is 0 Å². The summed E-state index contributed by atoms with van der Waals surface area (Å²) in [7, 11) is 1.65. The minimum Gasteiger partial charge on any atom is -0.497 e. The van der Waals surface area contributed by atoms with Crippen LogP contribution in [-0.4, -0.2) is 7.11 Å². The lowest BCUT2D eigenvalue weighted by Gasteiger charge is -1.99. The van der Waals surface area contributed by atoms with E-state index in [0.717, 1.165) is 11.3 Å². The molecule has 0 saturated carbocycles. The second kappa shape index (κ2) is 4.30. The zero-order valence-electron chi connectivity index (χ0n) is 7.00. The van der Waals surface area contributed by atoms with Gasteiger partial charge in [0.05, 0.1) is 7.11 Å². The summed E-state index contributed by atoms with van der Waals surface area (Å²) in [6, 6.07) is 10.1. The van der Waals surface area contributed by atoms with Crippen LogP contribution in [0.5, 0.6) is 5.75 Å². The molecule has 0 bridgehead atoms. The minimum absolute atomic E-state index is 0.695. The maximum absolute atomic E-state index is 5.05. The predicted molar refractivity (Wildman–Crippen MR) is 48.7 cm³/mol. The van der Waals surface area contributed by atoms with Gasteiger partial charge in [0.2, 0.25) is 0 Å². The number of benzene rings is 1. The molecule has 0 aliphatic rings. The molecule has 62 valence electrons. The highest BCUT2D eigenvalue weighted by Gasteiger charge is 1.90. The summed E-state index contributed by atoms with van der Waals surface area (Å²) in [6.45, 7) is 0. The van der Waals surface area contributed by atoms with Crippen molar-refractivity contribution in [1.29, 1.82) is 0 Å². The van der Waals surface area contributed by atoms with E-state index < -0.39 is 0 Å². The van der Waals surface area contributed by atoms with Crippen LogP contribution >= 0.6 is 0 Å². The standard InChI is InChI=1S/C10H11NO/c1-12-10-6-4-9(5-7-10)3-2-8-11/h4-7H,3,11H2,1H3. The van der Waals surface area contributed by atoms with Gasteiger partial charge in [-0.25, -0.2) is 0 Å². The molecule has 0 aromatic heterocycles. The first-order chi connectivity index (χ1) is 5.86. The summed E-state index contributed by atoms with van der Waals surface area (Å²) in [5.41, 5.74) is 6.19. The Morgan fingerprint density at radius 2 is 2.00 bits per heavy atom. The summed E-state index contributed by atoms with van der Waals surface area (Å²) in [5, 5.41) is 0. The van der Waals surface area contributed by atoms with Crippen molar-refractivity contribution < 1.29 is 4.74 Å². The Hall–Kier alpha value is -1.62. The van der Waals surface area contributed by atoms with E-state index in [2.05, 4.69) is 12.0 Å². The number of ether oxygens (including phenoxy) is 1. The monoisotopic (exact) mass is 161 g/mol. The van der Waals surface area contributed by atoms with Crippen LogP contribution in [0.15, 0.2) is 24.3 Å². The number of rotatable bonds is 2. The van der Waals surface area contributed by atoms with Gasteiger partial charge in [0, 0.05) is 12.5 Å². The summed E-state index contributed by atoms with van der Waals surface area (Å²) in [4.78, 5) is 0. The normalized spacial score (nSPS) is 8.42. The SMILES string of the molecule is COc1ccc(CC#CN)cc1. The zero-order valence-corrected chi connectivity index (χ0v) is 7.00. The molecule has 0 spiro atoms. The number of nitrogens with two attached hydrogens (primary N) is 1. The molecule has 2 N–H and O–H groups in total. The lowest BCUT2D eigenvalue weighted by molar-refractivity contribution is 0.414. The van der Waals surface area contributed by atoms with Crippen molar-refractivity contribution in [3.05, 3.63) is 29.8 Å². The molecule has 0 radical (unpaired) electrons. The van der Waals surface area contributed by atoms with Gasteiger partial charge in [0.15, 0.2) is 0 Å². The van der Waals surface area contributed by atoms with Crippen molar-refractivity contribution >= 4 is 0 Å². The van der Waals surface area contributed by atoms with Crippen LogP contribution in [0, 0.1) is 12.0 Å². The fourth-order valence-electron chi connectivity index (χ4n) is 0.896. The largest absolute Gasteiger partial charge is 0.497 e. The Morgan fingerprint density at radius 1 is 1.33 bits per heavy atom. The minimum atomic E-state index is 0.695. The van der Waals surface area contributed by atoms with Gasteiger partial charge in [-0.1, -0.05) is 18.1 Å². The van der Waals surface area contributed by atoms with Crippen LogP contribution < -0.4 is 10.5 Å². The predicted octanol–water partition coefficient (Wildman–Crippen LogP) is 1.16. The van der Waals surface area contributed by atoms with Crippen LogP contribution in [0.3, 0.4) is 0 Å². The smallest absolute Gasteiger partial charge is 0.118 e. The third-order valence-corrected chi connectivity index (χ3v) is 1.55. The molecule has 1 aromatic carbocycles.